The minimum absolute atomic E-state index is 0.136. The van der Waals surface area contributed by atoms with Gasteiger partial charge in [0.05, 0.1) is 5.02 Å². The van der Waals surface area contributed by atoms with Crippen LogP contribution in [0, 0.1) is 11.7 Å². The number of unbranched alkanes of at least 4 members (excludes halogenated alkanes) is 1. The Labute approximate surface area is 174 Å². The topological polar surface area (TPSA) is 68.2 Å². The third-order valence-electron chi connectivity index (χ3n) is 4.91. The molecule has 156 valence electrons. The summed E-state index contributed by atoms with van der Waals surface area (Å²) in [6.07, 6.45) is 5.26. The van der Waals surface area contributed by atoms with Crippen molar-refractivity contribution in [1.82, 2.24) is 9.88 Å². The van der Waals surface area contributed by atoms with E-state index in [1.165, 1.54) is 30.5 Å². The van der Waals surface area contributed by atoms with Crippen LogP contribution in [0.25, 0.3) is 0 Å². The van der Waals surface area contributed by atoms with Crippen molar-refractivity contribution < 1.29 is 14.0 Å². The zero-order chi connectivity index (χ0) is 21.4. The molecule has 1 heterocycles. The van der Waals surface area contributed by atoms with Crippen molar-refractivity contribution in [2.24, 2.45) is 5.92 Å². The van der Waals surface area contributed by atoms with E-state index in [2.05, 4.69) is 19.2 Å². The van der Waals surface area contributed by atoms with Crippen molar-refractivity contribution in [3.63, 3.8) is 0 Å². The van der Waals surface area contributed by atoms with Crippen LogP contribution in [0.15, 0.2) is 47.4 Å². The minimum Gasteiger partial charge on any atom is -0.354 e. The molecule has 5 nitrogen and oxygen atoms in total. The molecule has 2 atom stereocenters. The van der Waals surface area contributed by atoms with Gasteiger partial charge in [0.2, 0.25) is 0 Å². The Morgan fingerprint density at radius 2 is 1.83 bits per heavy atom. The first-order valence-electron chi connectivity index (χ1n) is 9.82. The first-order chi connectivity index (χ1) is 13.9. The lowest BCUT2D eigenvalue weighted by Crippen LogP contribution is -2.42. The smallest absolute Gasteiger partial charge is 0.251 e. The second kappa shape index (κ2) is 10.9. The van der Waals surface area contributed by atoms with Crippen LogP contribution in [-0.4, -0.2) is 22.8 Å². The monoisotopic (exact) mass is 420 g/mol. The number of nitrogens with one attached hydrogen (secondary N) is 1. The highest BCUT2D eigenvalue weighted by Gasteiger charge is 2.30. The number of hydrogen-bond donors (Lipinski definition) is 1. The third-order valence-corrected chi connectivity index (χ3v) is 5.14. The van der Waals surface area contributed by atoms with Gasteiger partial charge in [0.25, 0.3) is 11.5 Å². The molecule has 0 spiro atoms. The summed E-state index contributed by atoms with van der Waals surface area (Å²) in [5.74, 6) is -1.40. The van der Waals surface area contributed by atoms with Crippen LogP contribution in [0.4, 0.5) is 4.39 Å². The minimum atomic E-state index is -1.42. The first kappa shape index (κ1) is 22.8. The molecule has 0 saturated carbocycles. The first-order valence-corrected chi connectivity index (χ1v) is 10.2. The Hall–Kier alpha value is -2.47. The lowest BCUT2D eigenvalue weighted by atomic mass is 9.98. The van der Waals surface area contributed by atoms with Gasteiger partial charge in [-0.1, -0.05) is 44.7 Å². The lowest BCUT2D eigenvalue weighted by Gasteiger charge is -2.21. The fraction of sp³-hybridized carbons (Fsp3) is 0.409. The van der Waals surface area contributed by atoms with E-state index >= 15 is 0 Å². The highest BCUT2D eigenvalue weighted by Crippen LogP contribution is 2.18. The molecule has 0 aliphatic rings. The van der Waals surface area contributed by atoms with Gasteiger partial charge in [0.15, 0.2) is 11.8 Å². The molecule has 1 aromatic carbocycles. The number of aromatic nitrogens is 1. The quantitative estimate of drug-likeness (QED) is 0.457. The van der Waals surface area contributed by atoms with Crippen molar-refractivity contribution >= 4 is 23.3 Å². The highest BCUT2D eigenvalue weighted by atomic mass is 35.5. The third kappa shape index (κ3) is 6.26. The Morgan fingerprint density at radius 1 is 1.14 bits per heavy atom. The molecular weight excluding hydrogens is 395 g/mol. The van der Waals surface area contributed by atoms with Crippen molar-refractivity contribution in [1.29, 1.82) is 0 Å². The summed E-state index contributed by atoms with van der Waals surface area (Å²) in [6.45, 7) is 4.57. The number of pyridine rings is 1. The maximum atomic E-state index is 13.2. The highest BCUT2D eigenvalue weighted by molar-refractivity contribution is 6.30. The molecule has 0 bridgehead atoms. The largest absolute Gasteiger partial charge is 0.354 e. The van der Waals surface area contributed by atoms with Crippen molar-refractivity contribution in [3.05, 3.63) is 69.4 Å². The number of amides is 1. The van der Waals surface area contributed by atoms with Crippen LogP contribution >= 0.6 is 11.6 Å². The molecule has 0 saturated heterocycles. The van der Waals surface area contributed by atoms with Crippen molar-refractivity contribution in [3.8, 4) is 0 Å². The van der Waals surface area contributed by atoms with E-state index in [4.69, 9.17) is 11.6 Å². The summed E-state index contributed by atoms with van der Waals surface area (Å²) in [6, 6.07) is 6.05. The standard InChI is InChI=1S/C22H26ClFN2O3/c1-3-5-6-15(4-2)13-25-22(29)20(26-14-17(23)9-12-19(26)27)21(28)16-7-10-18(24)11-8-16/h7-12,14-15,20H,3-6,13H2,1-2H3,(H,25,29)/t15-,20+/m0/s1. The average Bonchev–Trinajstić information content (AvgIpc) is 2.71. The summed E-state index contributed by atoms with van der Waals surface area (Å²) in [5.41, 5.74) is -0.389. The number of carbonyl (C=O) groups is 2. The van der Waals surface area contributed by atoms with Gasteiger partial charge in [-0.15, -0.1) is 0 Å². The van der Waals surface area contributed by atoms with E-state index in [1.54, 1.807) is 0 Å². The van der Waals surface area contributed by atoms with Crippen molar-refractivity contribution in [2.45, 2.75) is 45.6 Å². The number of rotatable bonds is 10. The van der Waals surface area contributed by atoms with Crippen LogP contribution in [0.5, 0.6) is 0 Å². The van der Waals surface area contributed by atoms with Gasteiger partial charge < -0.3 is 5.32 Å². The molecule has 7 heteroatoms. The van der Waals surface area contributed by atoms with Crippen LogP contribution in [0.1, 0.15) is 55.9 Å². The molecule has 29 heavy (non-hydrogen) atoms. The molecular formula is C22H26ClFN2O3. The Kier molecular flexibility index (Phi) is 8.58. The van der Waals surface area contributed by atoms with Gasteiger partial charge in [-0.25, -0.2) is 4.39 Å². The second-order valence-corrected chi connectivity index (χ2v) is 7.46. The van der Waals surface area contributed by atoms with Gasteiger partial charge in [-0.3, -0.25) is 19.0 Å². The molecule has 0 radical (unpaired) electrons. The summed E-state index contributed by atoms with van der Waals surface area (Å²) >= 11 is 5.99. The molecule has 2 aromatic rings. The zero-order valence-electron chi connectivity index (χ0n) is 16.7. The maximum Gasteiger partial charge on any atom is 0.251 e. The summed E-state index contributed by atoms with van der Waals surface area (Å²) in [5, 5.41) is 3.04. The predicted octanol–water partition coefficient (Wildman–Crippen LogP) is 4.40. The summed E-state index contributed by atoms with van der Waals surface area (Å²) < 4.78 is 14.3. The van der Waals surface area contributed by atoms with Gasteiger partial charge in [0, 0.05) is 24.4 Å². The zero-order valence-corrected chi connectivity index (χ0v) is 17.4. The number of halogens is 2. The number of hydrogen-bond acceptors (Lipinski definition) is 3. The van der Waals surface area contributed by atoms with Crippen LogP contribution in [0.2, 0.25) is 5.02 Å². The van der Waals surface area contributed by atoms with Gasteiger partial charge in [0.1, 0.15) is 5.82 Å². The van der Waals surface area contributed by atoms with E-state index in [9.17, 15) is 18.8 Å². The normalized spacial score (nSPS) is 13.0. The van der Waals surface area contributed by atoms with Crippen LogP contribution in [0.3, 0.4) is 0 Å². The Bertz CT molecular complexity index is 896. The van der Waals surface area contributed by atoms with E-state index < -0.39 is 29.1 Å². The lowest BCUT2D eigenvalue weighted by molar-refractivity contribution is -0.123. The SMILES string of the molecule is CCCC[C@H](CC)CNC(=O)[C@@H](C(=O)c1ccc(F)cc1)n1cc(Cl)ccc1=O. The molecule has 1 aromatic heterocycles. The predicted molar refractivity (Wildman–Crippen MR) is 112 cm³/mol. The van der Waals surface area contributed by atoms with Gasteiger partial charge >= 0.3 is 0 Å². The molecule has 0 aliphatic carbocycles. The number of benzene rings is 1. The maximum absolute atomic E-state index is 13.2. The van der Waals surface area contributed by atoms with Crippen LogP contribution in [-0.2, 0) is 4.79 Å². The molecule has 0 fully saturated rings. The van der Waals surface area contributed by atoms with Gasteiger partial charge in [-0.2, -0.15) is 0 Å². The number of carbonyl (C=O) groups excluding carboxylic acids is 2. The number of ketones is 1. The fourth-order valence-corrected chi connectivity index (χ4v) is 3.28. The summed E-state index contributed by atoms with van der Waals surface area (Å²) in [7, 11) is 0. The van der Waals surface area contributed by atoms with E-state index in [0.29, 0.717) is 6.54 Å². The molecule has 0 aliphatic heterocycles. The Morgan fingerprint density at radius 3 is 2.45 bits per heavy atom. The van der Waals surface area contributed by atoms with Crippen LogP contribution < -0.4 is 10.9 Å². The average molecular weight is 421 g/mol. The molecule has 1 amide bonds. The molecule has 1 N–H and O–H groups in total. The summed E-state index contributed by atoms with van der Waals surface area (Å²) in [4.78, 5) is 38.4. The van der Waals surface area contributed by atoms with Crippen molar-refractivity contribution in [2.75, 3.05) is 6.54 Å². The van der Waals surface area contributed by atoms with E-state index in [0.717, 1.165) is 42.4 Å². The number of Topliss-reactive ketones (excluding diaryl/α,β-unsaturated/α-hetero) is 1. The van der Waals surface area contributed by atoms with E-state index in [1.807, 2.05) is 0 Å². The molecule has 2 rings (SSSR count). The van der Waals surface area contributed by atoms with E-state index in [-0.39, 0.29) is 16.5 Å². The Balaban J connectivity index is 2.32. The van der Waals surface area contributed by atoms with Gasteiger partial charge in [-0.05, 0) is 42.7 Å². The second-order valence-electron chi connectivity index (χ2n) is 7.03. The fourth-order valence-electron chi connectivity index (χ4n) is 3.11. The number of nitrogens with zero attached hydrogens (tertiary/aromatic N) is 1. The molecule has 0 unspecified atom stereocenters.